The molecule has 0 saturated carbocycles. The summed E-state index contributed by atoms with van der Waals surface area (Å²) >= 11 is 0. The minimum atomic E-state index is 0.127. The Morgan fingerprint density at radius 1 is 0.649 bits per heavy atom. The summed E-state index contributed by atoms with van der Waals surface area (Å²) in [5, 5.41) is 7.70. The minimum absolute atomic E-state index is 0.127. The van der Waals surface area contributed by atoms with Crippen molar-refractivity contribution in [2.45, 2.75) is 61.3 Å². The molecule has 0 fully saturated rings. The van der Waals surface area contributed by atoms with Crippen molar-refractivity contribution in [2.75, 3.05) is 0 Å². The molecule has 0 radical (unpaired) electrons. The van der Waals surface area contributed by atoms with Gasteiger partial charge < -0.3 is 4.74 Å². The van der Waals surface area contributed by atoms with E-state index in [-0.39, 0.29) is 10.8 Å². The van der Waals surface area contributed by atoms with Gasteiger partial charge in [-0.1, -0.05) is 90.1 Å². The van der Waals surface area contributed by atoms with Gasteiger partial charge in [0.2, 0.25) is 5.69 Å². The Hall–Kier alpha value is -3.39. The van der Waals surface area contributed by atoms with Gasteiger partial charge in [0.15, 0.2) is 6.20 Å². The van der Waals surface area contributed by atoms with Gasteiger partial charge >= 0.3 is 0 Å². The molecule has 2 heteroatoms. The number of hydrogen-bond acceptors (Lipinski definition) is 1. The number of aryl methyl sites for hydroxylation is 2. The van der Waals surface area contributed by atoms with E-state index in [2.05, 4.69) is 121 Å². The molecular formula is C35H38NO+. The summed E-state index contributed by atoms with van der Waals surface area (Å²) in [6.07, 6.45) is 4.21. The zero-order valence-corrected chi connectivity index (χ0v) is 23.5. The lowest BCUT2D eigenvalue weighted by molar-refractivity contribution is -0.659. The highest BCUT2D eigenvalue weighted by molar-refractivity contribution is 6.15. The zero-order chi connectivity index (χ0) is 26.3. The fraction of sp³-hybridized carbons (Fsp3) is 0.343. The lowest BCUT2D eigenvalue weighted by Crippen LogP contribution is -2.32. The van der Waals surface area contributed by atoms with Crippen LogP contribution in [0.3, 0.4) is 0 Å². The van der Waals surface area contributed by atoms with Crippen molar-refractivity contribution in [1.82, 2.24) is 0 Å². The van der Waals surface area contributed by atoms with Crippen molar-refractivity contribution >= 4 is 32.3 Å². The van der Waals surface area contributed by atoms with E-state index in [1.165, 1.54) is 60.3 Å². The summed E-state index contributed by atoms with van der Waals surface area (Å²) in [4.78, 5) is 0. The van der Waals surface area contributed by atoms with Crippen molar-refractivity contribution in [1.29, 1.82) is 0 Å². The first-order chi connectivity index (χ1) is 17.4. The van der Waals surface area contributed by atoms with Crippen LogP contribution in [-0.4, -0.2) is 0 Å². The fourth-order valence-electron chi connectivity index (χ4n) is 6.34. The Balaban J connectivity index is 1.83. The summed E-state index contributed by atoms with van der Waals surface area (Å²) in [6.45, 7) is 16.2. The van der Waals surface area contributed by atoms with E-state index in [9.17, 15) is 0 Å². The third-order valence-electron chi connectivity index (χ3n) is 7.76. The van der Waals surface area contributed by atoms with Gasteiger partial charge in [0, 0.05) is 22.4 Å². The lowest BCUT2D eigenvalue weighted by Gasteiger charge is -2.30. The molecule has 1 aromatic heterocycles. The smallest absolute Gasteiger partial charge is 0.228 e. The van der Waals surface area contributed by atoms with Crippen LogP contribution >= 0.6 is 0 Å². The molecule has 6 rings (SSSR count). The summed E-state index contributed by atoms with van der Waals surface area (Å²) < 4.78 is 9.47. The number of fused-ring (bicyclic) bond motifs is 5. The molecule has 2 heterocycles. The Morgan fingerprint density at radius 3 is 1.81 bits per heavy atom. The van der Waals surface area contributed by atoms with Gasteiger partial charge in [0.25, 0.3) is 0 Å². The van der Waals surface area contributed by atoms with Crippen LogP contribution in [0.2, 0.25) is 0 Å². The molecule has 0 N–H and O–H groups in total. The van der Waals surface area contributed by atoms with Gasteiger partial charge in [-0.15, -0.1) is 0 Å². The first-order valence-corrected chi connectivity index (χ1v) is 13.5. The zero-order valence-electron chi connectivity index (χ0n) is 23.5. The molecule has 5 aromatic rings. The number of hydrogen-bond donors (Lipinski definition) is 0. The van der Waals surface area contributed by atoms with Crippen LogP contribution in [0, 0.1) is 17.8 Å². The standard InChI is InChI=1S/C35H38NO/c1-21-22-13-9-10-14-23(22)28(20-35(5,6)7)33-29(21)31-30-25(17-18-36(31)8)27(19-34(2,3)4)24-15-11-12-16-26(24)32(30)37-33/h9-18H,19-20H2,1-8H3/q+1. The van der Waals surface area contributed by atoms with E-state index in [0.29, 0.717) is 0 Å². The van der Waals surface area contributed by atoms with Crippen molar-refractivity contribution in [3.63, 3.8) is 0 Å². The lowest BCUT2D eigenvalue weighted by atomic mass is 9.80. The molecule has 0 unspecified atom stereocenters. The third-order valence-corrected chi connectivity index (χ3v) is 7.76. The predicted molar refractivity (Wildman–Crippen MR) is 157 cm³/mol. The van der Waals surface area contributed by atoms with E-state index in [1.807, 2.05) is 0 Å². The summed E-state index contributed by atoms with van der Waals surface area (Å²) in [5.41, 5.74) is 6.84. The molecule has 188 valence electrons. The number of aromatic nitrogens is 1. The van der Waals surface area contributed by atoms with Crippen LogP contribution < -0.4 is 9.30 Å². The monoisotopic (exact) mass is 488 g/mol. The van der Waals surface area contributed by atoms with E-state index in [4.69, 9.17) is 4.74 Å². The highest BCUT2D eigenvalue weighted by Gasteiger charge is 2.36. The largest absolute Gasteiger partial charge is 0.455 e. The maximum absolute atomic E-state index is 7.16. The van der Waals surface area contributed by atoms with Crippen molar-refractivity contribution in [3.8, 4) is 22.8 Å². The molecule has 0 bridgehead atoms. The number of benzene rings is 4. The van der Waals surface area contributed by atoms with Crippen LogP contribution in [0.5, 0.6) is 11.5 Å². The molecule has 0 amide bonds. The van der Waals surface area contributed by atoms with Gasteiger partial charge in [0.05, 0.1) is 10.9 Å². The number of ether oxygens (including phenoxy) is 1. The van der Waals surface area contributed by atoms with Crippen LogP contribution in [0.15, 0.2) is 60.8 Å². The van der Waals surface area contributed by atoms with Gasteiger partial charge in [-0.3, -0.25) is 0 Å². The SMILES string of the molecule is Cc1c2c(c(CC(C)(C)C)c3ccccc13)Oc1c3ccccc3c(CC(C)(C)C)c3cc[n+](C)c-2c13. The molecule has 2 nitrogen and oxygen atoms in total. The molecule has 37 heavy (non-hydrogen) atoms. The van der Waals surface area contributed by atoms with Crippen LogP contribution in [-0.2, 0) is 19.9 Å². The Labute approximate surface area is 220 Å². The molecule has 0 saturated heterocycles. The van der Waals surface area contributed by atoms with Gasteiger partial charge in [0.1, 0.15) is 18.5 Å². The third kappa shape index (κ3) is 3.81. The van der Waals surface area contributed by atoms with E-state index in [1.54, 1.807) is 0 Å². The second-order valence-electron chi connectivity index (χ2n) is 13.3. The van der Waals surface area contributed by atoms with E-state index in [0.717, 1.165) is 24.3 Å². The van der Waals surface area contributed by atoms with Crippen LogP contribution in [0.25, 0.3) is 43.6 Å². The first-order valence-electron chi connectivity index (χ1n) is 13.5. The number of pyridine rings is 1. The van der Waals surface area contributed by atoms with Gasteiger partial charge in [-0.2, -0.15) is 0 Å². The average molecular weight is 489 g/mol. The van der Waals surface area contributed by atoms with E-state index >= 15 is 0 Å². The maximum atomic E-state index is 7.16. The van der Waals surface area contributed by atoms with Gasteiger partial charge in [-0.05, 0) is 57.9 Å². The molecule has 1 aliphatic rings. The van der Waals surface area contributed by atoms with Crippen molar-refractivity contribution in [3.05, 3.63) is 77.5 Å². The fourth-order valence-corrected chi connectivity index (χ4v) is 6.34. The Kier molecular flexibility index (Phi) is 5.22. The van der Waals surface area contributed by atoms with Crippen LogP contribution in [0.4, 0.5) is 0 Å². The van der Waals surface area contributed by atoms with Crippen LogP contribution in [0.1, 0.15) is 58.2 Å². The second kappa shape index (κ2) is 8.05. The number of rotatable bonds is 2. The quantitative estimate of drug-likeness (QED) is 0.175. The predicted octanol–water partition coefficient (Wildman–Crippen LogP) is 9.23. The normalized spacial score (nSPS) is 13.3. The van der Waals surface area contributed by atoms with Crippen molar-refractivity contribution in [2.24, 2.45) is 17.9 Å². The highest BCUT2D eigenvalue weighted by atomic mass is 16.5. The first kappa shape index (κ1) is 24.0. The molecule has 0 spiro atoms. The Bertz CT molecular complexity index is 1730. The topological polar surface area (TPSA) is 13.1 Å². The average Bonchev–Trinajstić information content (AvgIpc) is 2.83. The molecule has 0 aliphatic carbocycles. The summed E-state index contributed by atoms with van der Waals surface area (Å²) in [6, 6.07) is 20.0. The van der Waals surface area contributed by atoms with Gasteiger partial charge in [-0.25, -0.2) is 4.57 Å². The summed E-state index contributed by atoms with van der Waals surface area (Å²) in [5.74, 6) is 2.04. The Morgan fingerprint density at radius 2 is 1.19 bits per heavy atom. The van der Waals surface area contributed by atoms with Crippen molar-refractivity contribution < 1.29 is 9.30 Å². The number of nitrogens with zero attached hydrogens (tertiary/aromatic N) is 1. The molecule has 4 aromatic carbocycles. The minimum Gasteiger partial charge on any atom is -0.455 e. The summed E-state index contributed by atoms with van der Waals surface area (Å²) in [7, 11) is 2.18. The maximum Gasteiger partial charge on any atom is 0.228 e. The molecule has 1 aliphatic heterocycles. The highest BCUT2D eigenvalue weighted by Crippen LogP contribution is 2.54. The second-order valence-corrected chi connectivity index (χ2v) is 13.3. The molecular weight excluding hydrogens is 450 g/mol. The van der Waals surface area contributed by atoms with E-state index < -0.39 is 0 Å². The molecule has 0 atom stereocenters.